The van der Waals surface area contributed by atoms with E-state index in [1.807, 2.05) is 0 Å². The van der Waals surface area contributed by atoms with Crippen molar-refractivity contribution in [2.75, 3.05) is 0 Å². The molecule has 6 nitrogen and oxygen atoms in total. The van der Waals surface area contributed by atoms with Crippen LogP contribution in [0.3, 0.4) is 0 Å². The Labute approximate surface area is 87.2 Å². The van der Waals surface area contributed by atoms with Crippen LogP contribution in [0, 0.1) is 0 Å². The van der Waals surface area contributed by atoms with E-state index in [1.54, 1.807) is 0 Å². The Balaban J connectivity index is 0.000000280. The fraction of sp³-hybridized carbons (Fsp3) is 0.778. The van der Waals surface area contributed by atoms with E-state index in [0.29, 0.717) is 0 Å². The number of carboxylic acid groups (broad SMARTS) is 2. The van der Waals surface area contributed by atoms with Crippen LogP contribution in [0.4, 0.5) is 0 Å². The van der Waals surface area contributed by atoms with Gasteiger partial charge in [0.15, 0.2) is 6.10 Å². The van der Waals surface area contributed by atoms with Gasteiger partial charge >= 0.3 is 11.9 Å². The third-order valence-corrected chi connectivity index (χ3v) is 1.98. The third kappa shape index (κ3) is 7.90. The first-order valence-corrected chi connectivity index (χ1v) is 4.74. The minimum atomic E-state index is -1.79. The van der Waals surface area contributed by atoms with Crippen molar-refractivity contribution in [2.45, 2.75) is 44.3 Å². The number of aliphatic hydroxyl groups is 2. The Morgan fingerprint density at radius 3 is 1.80 bits per heavy atom. The largest absolute Gasteiger partial charge is 0.481 e. The molecule has 0 radical (unpaired) electrons. The van der Waals surface area contributed by atoms with Crippen LogP contribution in [-0.2, 0) is 9.59 Å². The van der Waals surface area contributed by atoms with Crippen molar-refractivity contribution in [2.24, 2.45) is 0 Å². The topological polar surface area (TPSA) is 115 Å². The summed E-state index contributed by atoms with van der Waals surface area (Å²) in [7, 11) is 0. The molecule has 0 aromatic heterocycles. The number of carboxylic acids is 2. The lowest BCUT2D eigenvalue weighted by Gasteiger charge is -1.97. The van der Waals surface area contributed by atoms with Crippen molar-refractivity contribution < 1.29 is 30.0 Å². The Kier molecular flexibility index (Phi) is 6.64. The monoisotopic (exact) mass is 220 g/mol. The zero-order valence-electron chi connectivity index (χ0n) is 8.30. The molecule has 0 saturated heterocycles. The van der Waals surface area contributed by atoms with Gasteiger partial charge in [-0.3, -0.25) is 4.79 Å². The van der Waals surface area contributed by atoms with Crippen molar-refractivity contribution in [1.29, 1.82) is 0 Å². The first-order chi connectivity index (χ1) is 6.93. The first-order valence-electron chi connectivity index (χ1n) is 4.74. The molecule has 0 amide bonds. The molecule has 1 aliphatic carbocycles. The fourth-order valence-electron chi connectivity index (χ4n) is 1.16. The van der Waals surface area contributed by atoms with Crippen LogP contribution in [0.25, 0.3) is 0 Å². The zero-order valence-corrected chi connectivity index (χ0v) is 8.30. The van der Waals surface area contributed by atoms with E-state index in [0.717, 1.165) is 12.8 Å². The van der Waals surface area contributed by atoms with Gasteiger partial charge in [0, 0.05) is 0 Å². The highest BCUT2D eigenvalue weighted by Crippen LogP contribution is 2.16. The highest BCUT2D eigenvalue weighted by molar-refractivity contribution is 5.79. The second-order valence-corrected chi connectivity index (χ2v) is 3.39. The average Bonchev–Trinajstić information content (AvgIpc) is 2.55. The number of aliphatic hydroxyl groups excluding tert-OH is 2. The van der Waals surface area contributed by atoms with Gasteiger partial charge in [-0.1, -0.05) is 12.8 Å². The van der Waals surface area contributed by atoms with Gasteiger partial charge in [-0.05, 0) is 12.8 Å². The first kappa shape index (κ1) is 13.9. The summed E-state index contributed by atoms with van der Waals surface area (Å²) in [6.07, 6.45) is 2.06. The van der Waals surface area contributed by atoms with E-state index in [1.165, 1.54) is 12.8 Å². The van der Waals surface area contributed by atoms with Gasteiger partial charge in [0.25, 0.3) is 0 Å². The third-order valence-electron chi connectivity index (χ3n) is 1.98. The predicted molar refractivity (Wildman–Crippen MR) is 50.4 cm³/mol. The van der Waals surface area contributed by atoms with Crippen molar-refractivity contribution in [3.05, 3.63) is 0 Å². The van der Waals surface area contributed by atoms with E-state index in [2.05, 4.69) is 0 Å². The molecule has 0 heterocycles. The van der Waals surface area contributed by atoms with Crippen molar-refractivity contribution >= 4 is 11.9 Å². The van der Waals surface area contributed by atoms with Gasteiger partial charge in [0.2, 0.25) is 0 Å². The molecule has 4 N–H and O–H groups in total. The van der Waals surface area contributed by atoms with E-state index in [9.17, 15) is 9.59 Å². The minimum Gasteiger partial charge on any atom is -0.481 e. The number of hydrogen-bond donors (Lipinski definition) is 4. The highest BCUT2D eigenvalue weighted by atomic mass is 16.4. The van der Waals surface area contributed by atoms with Gasteiger partial charge in [0.1, 0.15) is 0 Å². The smallest absolute Gasteiger partial charge is 0.333 e. The van der Waals surface area contributed by atoms with Crippen molar-refractivity contribution in [3.63, 3.8) is 0 Å². The van der Waals surface area contributed by atoms with E-state index < -0.39 is 24.5 Å². The van der Waals surface area contributed by atoms with Crippen molar-refractivity contribution in [1.82, 2.24) is 0 Å². The molecule has 0 bridgehead atoms. The number of carbonyl (C=O) groups is 2. The predicted octanol–water partition coefficient (Wildman–Crippen LogP) is -0.172. The lowest BCUT2D eigenvalue weighted by molar-refractivity contribution is -0.152. The lowest BCUT2D eigenvalue weighted by atomic mass is 10.3. The molecule has 1 unspecified atom stereocenters. The molecule has 0 aromatic rings. The SMILES string of the molecule is O=C(O)CC(O)C(=O)O.OC1CCCC1. The Morgan fingerprint density at radius 2 is 1.67 bits per heavy atom. The number of rotatable bonds is 3. The van der Waals surface area contributed by atoms with E-state index >= 15 is 0 Å². The second kappa shape index (κ2) is 7.19. The minimum absolute atomic E-state index is 0.0463. The molecular formula is C9H16O6. The standard InChI is InChI=1S/C5H10O.C4H6O5/c6-5-3-1-2-4-5;5-2(4(8)9)1-3(6)7/h5-6H,1-4H2;2,5H,1H2,(H,6,7)(H,8,9). The summed E-state index contributed by atoms with van der Waals surface area (Å²) in [4.78, 5) is 19.4. The molecule has 0 aliphatic heterocycles. The molecule has 1 rings (SSSR count). The molecule has 1 fully saturated rings. The summed E-state index contributed by atoms with van der Waals surface area (Å²) in [5.74, 6) is -2.85. The van der Waals surface area contributed by atoms with Gasteiger partial charge in [-0.2, -0.15) is 0 Å². The molecule has 15 heavy (non-hydrogen) atoms. The van der Waals surface area contributed by atoms with Gasteiger partial charge < -0.3 is 20.4 Å². The van der Waals surface area contributed by atoms with Crippen molar-refractivity contribution in [3.8, 4) is 0 Å². The maximum atomic E-state index is 9.72. The molecule has 0 aromatic carbocycles. The summed E-state index contributed by atoms with van der Waals surface area (Å²) >= 11 is 0. The quantitative estimate of drug-likeness (QED) is 0.524. The van der Waals surface area contributed by atoms with E-state index in [4.69, 9.17) is 20.4 Å². The van der Waals surface area contributed by atoms with Crippen LogP contribution in [0.2, 0.25) is 0 Å². The average molecular weight is 220 g/mol. The maximum absolute atomic E-state index is 9.72. The summed E-state index contributed by atoms with van der Waals surface area (Å²) in [6, 6.07) is 0. The fourth-order valence-corrected chi connectivity index (χ4v) is 1.16. The summed E-state index contributed by atoms with van der Waals surface area (Å²) in [5, 5.41) is 32.9. The van der Waals surface area contributed by atoms with Gasteiger partial charge in [-0.25, -0.2) is 4.79 Å². The molecule has 6 heteroatoms. The van der Waals surface area contributed by atoms with Crippen LogP contribution in [0.5, 0.6) is 0 Å². The summed E-state index contributed by atoms with van der Waals surface area (Å²) < 4.78 is 0. The van der Waals surface area contributed by atoms with Crippen LogP contribution in [0.15, 0.2) is 0 Å². The summed E-state index contributed by atoms with van der Waals surface area (Å²) in [6.45, 7) is 0. The Morgan fingerprint density at radius 1 is 1.20 bits per heavy atom. The highest BCUT2D eigenvalue weighted by Gasteiger charge is 2.16. The normalized spacial score (nSPS) is 17.7. The van der Waals surface area contributed by atoms with Gasteiger partial charge in [0.05, 0.1) is 12.5 Å². The van der Waals surface area contributed by atoms with E-state index in [-0.39, 0.29) is 6.10 Å². The molecular weight excluding hydrogens is 204 g/mol. The number of aliphatic carboxylic acids is 2. The van der Waals surface area contributed by atoms with Gasteiger partial charge in [-0.15, -0.1) is 0 Å². The van der Waals surface area contributed by atoms with Crippen LogP contribution < -0.4 is 0 Å². The zero-order chi connectivity index (χ0) is 11.8. The number of hydrogen-bond acceptors (Lipinski definition) is 4. The Hall–Kier alpha value is -1.14. The maximum Gasteiger partial charge on any atom is 0.333 e. The lowest BCUT2D eigenvalue weighted by Crippen LogP contribution is -2.22. The van der Waals surface area contributed by atoms with Crippen LogP contribution in [0.1, 0.15) is 32.1 Å². The molecule has 1 atom stereocenters. The molecule has 1 aliphatic rings. The molecule has 1 saturated carbocycles. The Bertz CT molecular complexity index is 209. The molecule has 88 valence electrons. The molecule has 0 spiro atoms. The second-order valence-electron chi connectivity index (χ2n) is 3.39. The summed E-state index contributed by atoms with van der Waals surface area (Å²) in [5.41, 5.74) is 0. The van der Waals surface area contributed by atoms with Crippen LogP contribution in [-0.4, -0.2) is 44.6 Å². The van der Waals surface area contributed by atoms with Crippen LogP contribution >= 0.6 is 0 Å².